The Morgan fingerprint density at radius 1 is 1.23 bits per heavy atom. The summed E-state index contributed by atoms with van der Waals surface area (Å²) in [5.41, 5.74) is 0.244. The highest BCUT2D eigenvalue weighted by atomic mass is 35.5. The van der Waals surface area contributed by atoms with Gasteiger partial charge in [-0.15, -0.1) is 11.3 Å². The van der Waals surface area contributed by atoms with Crippen LogP contribution in [0.15, 0.2) is 47.0 Å². The van der Waals surface area contributed by atoms with Gasteiger partial charge < -0.3 is 20.1 Å². The topological polar surface area (TPSA) is 93.7 Å². The molecule has 3 rings (SSSR count). The number of hydrogen-bond donors (Lipinski definition) is 2. The molecular formula is C20H18ClFN2O5S. The van der Waals surface area contributed by atoms with Crippen LogP contribution in [0, 0.1) is 5.82 Å². The molecule has 0 unspecified atom stereocenters. The first kappa shape index (κ1) is 21.8. The van der Waals surface area contributed by atoms with E-state index < -0.39 is 42.9 Å². The zero-order chi connectivity index (χ0) is 21.7. The number of carbonyl (C=O) groups is 3. The lowest BCUT2D eigenvalue weighted by Gasteiger charge is -2.28. The van der Waals surface area contributed by atoms with Crippen LogP contribution >= 0.6 is 22.9 Å². The fraction of sp³-hybridized carbons (Fsp3) is 0.250. The molecule has 1 aliphatic rings. The Kier molecular flexibility index (Phi) is 7.07. The first-order chi connectivity index (χ1) is 14.4. The van der Waals surface area contributed by atoms with Crippen molar-refractivity contribution in [3.05, 3.63) is 68.3 Å². The van der Waals surface area contributed by atoms with Gasteiger partial charge in [0.1, 0.15) is 12.4 Å². The van der Waals surface area contributed by atoms with Crippen LogP contribution in [0.2, 0.25) is 5.02 Å². The molecular weight excluding hydrogens is 435 g/mol. The molecule has 0 bridgehead atoms. The van der Waals surface area contributed by atoms with Crippen molar-refractivity contribution in [2.75, 3.05) is 13.2 Å². The molecule has 158 valence electrons. The summed E-state index contributed by atoms with van der Waals surface area (Å²) in [6.45, 7) is 1.39. The average molecular weight is 453 g/mol. The maximum Gasteiger partial charge on any atom is 0.338 e. The largest absolute Gasteiger partial charge is 0.463 e. The van der Waals surface area contributed by atoms with Gasteiger partial charge in [-0.05, 0) is 30.5 Å². The lowest BCUT2D eigenvalue weighted by Crippen LogP contribution is -2.47. The third-order valence-corrected chi connectivity index (χ3v) is 5.53. The zero-order valence-electron chi connectivity index (χ0n) is 15.9. The molecule has 0 spiro atoms. The normalized spacial score (nSPS) is 16.0. The lowest BCUT2D eigenvalue weighted by molar-refractivity contribution is -0.143. The fourth-order valence-electron chi connectivity index (χ4n) is 2.90. The molecule has 0 radical (unpaired) electrons. The molecule has 0 fully saturated rings. The Labute approximate surface area is 180 Å². The number of amides is 2. The van der Waals surface area contributed by atoms with E-state index in [4.69, 9.17) is 21.1 Å². The van der Waals surface area contributed by atoms with E-state index >= 15 is 0 Å². The summed E-state index contributed by atoms with van der Waals surface area (Å²) in [4.78, 5) is 37.6. The van der Waals surface area contributed by atoms with Gasteiger partial charge in [-0.1, -0.05) is 23.7 Å². The highest BCUT2D eigenvalue weighted by molar-refractivity contribution is 7.10. The first-order valence-electron chi connectivity index (χ1n) is 9.00. The molecule has 30 heavy (non-hydrogen) atoms. The average Bonchev–Trinajstić information content (AvgIpc) is 3.23. The van der Waals surface area contributed by atoms with Crippen molar-refractivity contribution in [2.45, 2.75) is 19.4 Å². The molecule has 7 nitrogen and oxygen atoms in total. The minimum atomic E-state index is -0.766. The van der Waals surface area contributed by atoms with Gasteiger partial charge in [-0.25, -0.2) is 14.0 Å². The minimum Gasteiger partial charge on any atom is -0.463 e. The van der Waals surface area contributed by atoms with Crippen molar-refractivity contribution in [3.8, 4) is 0 Å². The highest BCUT2D eigenvalue weighted by Crippen LogP contribution is 2.30. The van der Waals surface area contributed by atoms with Crippen molar-refractivity contribution in [1.29, 1.82) is 0 Å². The molecule has 1 aromatic carbocycles. The maximum atomic E-state index is 13.9. The Hall–Kier alpha value is -2.91. The molecule has 1 atom stereocenters. The highest BCUT2D eigenvalue weighted by Gasteiger charge is 2.34. The Bertz CT molecular complexity index is 973. The van der Waals surface area contributed by atoms with Crippen molar-refractivity contribution in [3.63, 3.8) is 0 Å². The van der Waals surface area contributed by atoms with E-state index in [0.717, 1.165) is 4.88 Å². The molecule has 2 aromatic rings. The van der Waals surface area contributed by atoms with E-state index in [2.05, 4.69) is 10.6 Å². The fourth-order valence-corrected chi connectivity index (χ4v) is 3.91. The van der Waals surface area contributed by atoms with Gasteiger partial charge in [0.15, 0.2) is 0 Å². The number of thiophene rings is 1. The van der Waals surface area contributed by atoms with Gasteiger partial charge in [0.25, 0.3) is 0 Å². The molecule has 2 amide bonds. The van der Waals surface area contributed by atoms with Crippen LogP contribution in [-0.4, -0.2) is 31.2 Å². The predicted molar refractivity (Wildman–Crippen MR) is 108 cm³/mol. The van der Waals surface area contributed by atoms with Gasteiger partial charge in [0.2, 0.25) is 0 Å². The van der Waals surface area contributed by atoms with E-state index in [1.54, 1.807) is 19.1 Å². The van der Waals surface area contributed by atoms with Crippen LogP contribution in [0.3, 0.4) is 0 Å². The van der Waals surface area contributed by atoms with E-state index in [1.807, 2.05) is 5.38 Å². The number of urea groups is 1. The van der Waals surface area contributed by atoms with Gasteiger partial charge in [-0.3, -0.25) is 4.79 Å². The molecule has 2 N–H and O–H groups in total. The maximum absolute atomic E-state index is 13.9. The first-order valence-corrected chi connectivity index (χ1v) is 10.3. The van der Waals surface area contributed by atoms with E-state index in [0.29, 0.717) is 0 Å². The Morgan fingerprint density at radius 2 is 2.03 bits per heavy atom. The van der Waals surface area contributed by atoms with Crippen LogP contribution in [0.1, 0.15) is 23.4 Å². The van der Waals surface area contributed by atoms with Gasteiger partial charge in [0.05, 0.1) is 30.3 Å². The van der Waals surface area contributed by atoms with E-state index in [9.17, 15) is 18.8 Å². The number of hydrogen-bond acceptors (Lipinski definition) is 6. The number of carbonyl (C=O) groups excluding carboxylic acids is 3. The minimum absolute atomic E-state index is 0.00886. The molecule has 0 aliphatic carbocycles. The Balaban J connectivity index is 1.82. The summed E-state index contributed by atoms with van der Waals surface area (Å²) in [7, 11) is 0. The lowest BCUT2D eigenvalue weighted by atomic mass is 10.0. The number of benzene rings is 1. The van der Waals surface area contributed by atoms with Gasteiger partial charge in [-0.2, -0.15) is 0 Å². The number of esters is 2. The third kappa shape index (κ3) is 4.98. The van der Waals surface area contributed by atoms with Crippen LogP contribution in [0.4, 0.5) is 9.18 Å². The van der Waals surface area contributed by atoms with Crippen LogP contribution in [0.5, 0.6) is 0 Å². The number of nitrogens with one attached hydrogen (secondary N) is 2. The number of ether oxygens (including phenoxy) is 2. The standard InChI is InChI=1S/C20H18ClFN2O5S/c1-2-28-19(26)17-14(23-20(27)24-18(17)15-7-4-8-30-15)10-29-16(25)9-11-12(21)5-3-6-13(11)22/h3-8,18H,2,9-10H2,1H3,(H2,23,24,27)/t18-/m0/s1. The summed E-state index contributed by atoms with van der Waals surface area (Å²) < 4.78 is 24.2. The number of halogens is 2. The van der Waals surface area contributed by atoms with Gasteiger partial charge >= 0.3 is 18.0 Å². The second-order valence-corrected chi connectivity index (χ2v) is 7.58. The molecule has 2 heterocycles. The van der Waals surface area contributed by atoms with Crippen molar-refractivity contribution < 1.29 is 28.2 Å². The summed E-state index contributed by atoms with van der Waals surface area (Å²) in [6, 6.07) is 6.34. The summed E-state index contributed by atoms with van der Waals surface area (Å²) in [5.74, 6) is -2.04. The van der Waals surface area contributed by atoms with Crippen molar-refractivity contribution in [2.24, 2.45) is 0 Å². The van der Waals surface area contributed by atoms with E-state index in [-0.39, 0.29) is 28.5 Å². The molecule has 0 saturated carbocycles. The molecule has 10 heteroatoms. The smallest absolute Gasteiger partial charge is 0.338 e. The number of rotatable bonds is 7. The van der Waals surface area contributed by atoms with Crippen LogP contribution < -0.4 is 10.6 Å². The van der Waals surface area contributed by atoms with Crippen molar-refractivity contribution >= 4 is 40.9 Å². The second kappa shape index (κ2) is 9.73. The predicted octanol–water partition coefficient (Wildman–Crippen LogP) is 3.50. The third-order valence-electron chi connectivity index (χ3n) is 4.24. The zero-order valence-corrected chi connectivity index (χ0v) is 17.4. The summed E-state index contributed by atoms with van der Waals surface area (Å²) >= 11 is 7.29. The van der Waals surface area contributed by atoms with E-state index in [1.165, 1.54) is 29.5 Å². The quantitative estimate of drug-likeness (QED) is 0.627. The second-order valence-electron chi connectivity index (χ2n) is 6.20. The SMILES string of the molecule is CCOC(=O)C1=C(COC(=O)Cc2c(F)cccc2Cl)NC(=O)N[C@H]1c1cccs1. The molecule has 1 aliphatic heterocycles. The van der Waals surface area contributed by atoms with Crippen LogP contribution in [0.25, 0.3) is 0 Å². The molecule has 1 aromatic heterocycles. The van der Waals surface area contributed by atoms with Gasteiger partial charge in [0, 0.05) is 15.5 Å². The van der Waals surface area contributed by atoms with Crippen molar-refractivity contribution in [1.82, 2.24) is 10.6 Å². The summed E-state index contributed by atoms with van der Waals surface area (Å²) in [6.07, 6.45) is -0.395. The monoisotopic (exact) mass is 452 g/mol. The van der Waals surface area contributed by atoms with Crippen LogP contribution in [-0.2, 0) is 25.5 Å². The summed E-state index contributed by atoms with van der Waals surface area (Å²) in [5, 5.41) is 7.08. The Morgan fingerprint density at radius 3 is 2.70 bits per heavy atom. The molecule has 0 saturated heterocycles.